The summed E-state index contributed by atoms with van der Waals surface area (Å²) in [5.74, 6) is -0.413. The summed E-state index contributed by atoms with van der Waals surface area (Å²) in [6, 6.07) is 18.0. The third-order valence-corrected chi connectivity index (χ3v) is 3.35. The van der Waals surface area contributed by atoms with Gasteiger partial charge in [-0.2, -0.15) is 5.10 Å². The van der Waals surface area contributed by atoms with E-state index in [0.29, 0.717) is 6.42 Å². The minimum Gasteiger partial charge on any atom is -0.450 e. The quantitative estimate of drug-likeness (QED) is 0.601. The maximum atomic E-state index is 12.4. The number of hydrogen-bond donors (Lipinski definition) is 2. The largest absolute Gasteiger partial charge is 0.450 e. The molecule has 0 aromatic heterocycles. The van der Waals surface area contributed by atoms with Crippen molar-refractivity contribution in [2.75, 3.05) is 6.61 Å². The van der Waals surface area contributed by atoms with E-state index >= 15 is 0 Å². The molecule has 0 radical (unpaired) electrons. The number of hydrogen-bond acceptors (Lipinski definition) is 4. The summed E-state index contributed by atoms with van der Waals surface area (Å²) in [6.45, 7) is 1.94. The third-order valence-electron chi connectivity index (χ3n) is 3.35. The Bertz CT molecular complexity index is 702. The second-order valence-electron chi connectivity index (χ2n) is 5.25. The molecule has 0 saturated carbocycles. The third kappa shape index (κ3) is 6.47. The smallest absolute Gasteiger partial charge is 0.407 e. The predicted octanol–water partition coefficient (Wildman–Crippen LogP) is 2.49. The van der Waals surface area contributed by atoms with E-state index in [0.717, 1.165) is 11.1 Å². The molecular formula is C19H21N3O3. The fourth-order valence-corrected chi connectivity index (χ4v) is 2.16. The zero-order valence-corrected chi connectivity index (χ0v) is 14.0. The Hall–Kier alpha value is -3.15. The summed E-state index contributed by atoms with van der Waals surface area (Å²) in [5, 5.41) is 6.51. The minimum absolute atomic E-state index is 0.234. The second-order valence-corrected chi connectivity index (χ2v) is 5.25. The first kappa shape index (κ1) is 18.2. The van der Waals surface area contributed by atoms with Crippen LogP contribution < -0.4 is 10.7 Å². The number of hydrazone groups is 1. The van der Waals surface area contributed by atoms with Gasteiger partial charge in [-0.05, 0) is 18.1 Å². The first-order valence-corrected chi connectivity index (χ1v) is 8.04. The lowest BCUT2D eigenvalue weighted by atomic mass is 10.1. The van der Waals surface area contributed by atoms with Crippen molar-refractivity contribution < 1.29 is 14.3 Å². The van der Waals surface area contributed by atoms with Gasteiger partial charge in [0, 0.05) is 6.42 Å². The number of carbonyl (C=O) groups is 2. The summed E-state index contributed by atoms with van der Waals surface area (Å²) in [6.07, 6.45) is 1.25. The predicted molar refractivity (Wildman–Crippen MR) is 96.3 cm³/mol. The van der Waals surface area contributed by atoms with E-state index < -0.39 is 18.0 Å². The van der Waals surface area contributed by atoms with E-state index in [1.54, 1.807) is 13.1 Å². The summed E-state index contributed by atoms with van der Waals surface area (Å²) in [5.41, 5.74) is 4.24. The van der Waals surface area contributed by atoms with Crippen molar-refractivity contribution >= 4 is 18.2 Å². The van der Waals surface area contributed by atoms with Crippen molar-refractivity contribution in [3.63, 3.8) is 0 Å². The van der Waals surface area contributed by atoms with Crippen LogP contribution in [0.15, 0.2) is 65.8 Å². The highest BCUT2D eigenvalue weighted by atomic mass is 16.5. The Morgan fingerprint density at radius 1 is 1.08 bits per heavy atom. The van der Waals surface area contributed by atoms with Crippen molar-refractivity contribution in [3.05, 3.63) is 71.8 Å². The minimum atomic E-state index is -0.783. The van der Waals surface area contributed by atoms with Crippen molar-refractivity contribution in [2.45, 2.75) is 19.4 Å². The molecule has 0 aliphatic carbocycles. The lowest BCUT2D eigenvalue weighted by molar-refractivity contribution is -0.123. The topological polar surface area (TPSA) is 79.8 Å². The standard InChI is InChI=1S/C19H21N3O3/c1-2-25-19(24)21-17(13-15-9-5-3-6-10-15)18(23)22-20-14-16-11-7-4-8-12-16/h3-12,14,17H,2,13H2,1H3,(H,21,24)(H,22,23)/b20-14-/t17-/m1/s1. The number of nitrogens with zero attached hydrogens (tertiary/aromatic N) is 1. The molecule has 6 heteroatoms. The maximum Gasteiger partial charge on any atom is 0.407 e. The van der Waals surface area contributed by atoms with E-state index in [2.05, 4.69) is 15.8 Å². The number of alkyl carbamates (subject to hydrolysis) is 1. The number of benzene rings is 2. The van der Waals surface area contributed by atoms with Gasteiger partial charge in [0.25, 0.3) is 5.91 Å². The van der Waals surface area contributed by atoms with E-state index in [-0.39, 0.29) is 6.61 Å². The molecule has 2 N–H and O–H groups in total. The molecule has 2 aromatic rings. The monoisotopic (exact) mass is 339 g/mol. The number of rotatable bonds is 7. The van der Waals surface area contributed by atoms with Crippen LogP contribution in [0.4, 0.5) is 4.79 Å². The van der Waals surface area contributed by atoms with Crippen molar-refractivity contribution in [2.24, 2.45) is 5.10 Å². The van der Waals surface area contributed by atoms with Gasteiger partial charge in [-0.1, -0.05) is 60.7 Å². The Kier molecular flexibility index (Phi) is 7.18. The Morgan fingerprint density at radius 3 is 2.36 bits per heavy atom. The van der Waals surface area contributed by atoms with E-state index in [1.165, 1.54) is 0 Å². The molecule has 0 saturated heterocycles. The maximum absolute atomic E-state index is 12.4. The average Bonchev–Trinajstić information content (AvgIpc) is 2.63. The molecule has 1 atom stereocenters. The van der Waals surface area contributed by atoms with Crippen molar-refractivity contribution in [3.8, 4) is 0 Å². The molecule has 2 amide bonds. The van der Waals surface area contributed by atoms with Crippen LogP contribution >= 0.6 is 0 Å². The van der Waals surface area contributed by atoms with Gasteiger partial charge in [-0.15, -0.1) is 0 Å². The number of amides is 2. The van der Waals surface area contributed by atoms with Gasteiger partial charge in [0.05, 0.1) is 12.8 Å². The Morgan fingerprint density at radius 2 is 1.72 bits per heavy atom. The zero-order valence-electron chi connectivity index (χ0n) is 14.0. The summed E-state index contributed by atoms with van der Waals surface area (Å²) in [4.78, 5) is 24.1. The van der Waals surface area contributed by atoms with Crippen LogP contribution in [0.2, 0.25) is 0 Å². The molecule has 25 heavy (non-hydrogen) atoms. The normalized spacial score (nSPS) is 11.7. The van der Waals surface area contributed by atoms with Crippen LogP contribution in [0.1, 0.15) is 18.1 Å². The van der Waals surface area contributed by atoms with Crippen LogP contribution in [0.25, 0.3) is 0 Å². The van der Waals surface area contributed by atoms with E-state index in [1.807, 2.05) is 60.7 Å². The van der Waals surface area contributed by atoms with Gasteiger partial charge in [-0.3, -0.25) is 4.79 Å². The Balaban J connectivity index is 2.01. The fraction of sp³-hybridized carbons (Fsp3) is 0.211. The van der Waals surface area contributed by atoms with Gasteiger partial charge in [0.15, 0.2) is 0 Å². The highest BCUT2D eigenvalue weighted by Crippen LogP contribution is 2.04. The van der Waals surface area contributed by atoms with Gasteiger partial charge in [0.2, 0.25) is 0 Å². The molecule has 2 aromatic carbocycles. The van der Waals surface area contributed by atoms with Crippen molar-refractivity contribution in [1.29, 1.82) is 0 Å². The van der Waals surface area contributed by atoms with Gasteiger partial charge in [0.1, 0.15) is 6.04 Å². The van der Waals surface area contributed by atoms with E-state index in [4.69, 9.17) is 4.74 Å². The molecule has 0 spiro atoms. The molecule has 0 fully saturated rings. The summed E-state index contributed by atoms with van der Waals surface area (Å²) in [7, 11) is 0. The van der Waals surface area contributed by atoms with Gasteiger partial charge < -0.3 is 10.1 Å². The number of ether oxygens (including phenoxy) is 1. The van der Waals surface area contributed by atoms with Crippen molar-refractivity contribution in [1.82, 2.24) is 10.7 Å². The van der Waals surface area contributed by atoms with Crippen LogP contribution in [0.3, 0.4) is 0 Å². The zero-order chi connectivity index (χ0) is 17.9. The molecular weight excluding hydrogens is 318 g/mol. The fourth-order valence-electron chi connectivity index (χ4n) is 2.16. The molecule has 0 unspecified atom stereocenters. The van der Waals surface area contributed by atoms with Crippen LogP contribution in [0, 0.1) is 0 Å². The van der Waals surface area contributed by atoms with Crippen LogP contribution in [0.5, 0.6) is 0 Å². The molecule has 0 heterocycles. The molecule has 0 aliphatic rings. The highest BCUT2D eigenvalue weighted by molar-refractivity contribution is 5.87. The molecule has 130 valence electrons. The second kappa shape index (κ2) is 9.87. The van der Waals surface area contributed by atoms with Gasteiger partial charge in [-0.25, -0.2) is 10.2 Å². The summed E-state index contributed by atoms with van der Waals surface area (Å²) >= 11 is 0. The van der Waals surface area contributed by atoms with E-state index in [9.17, 15) is 9.59 Å². The first-order valence-electron chi connectivity index (χ1n) is 8.04. The molecule has 0 aliphatic heterocycles. The SMILES string of the molecule is CCOC(=O)N[C@H](Cc1ccccc1)C(=O)N/N=C\c1ccccc1. The molecule has 0 bridgehead atoms. The van der Waals surface area contributed by atoms with Crippen LogP contribution in [-0.4, -0.2) is 30.9 Å². The van der Waals surface area contributed by atoms with Crippen LogP contribution in [-0.2, 0) is 16.0 Å². The highest BCUT2D eigenvalue weighted by Gasteiger charge is 2.21. The average molecular weight is 339 g/mol. The number of carbonyl (C=O) groups excluding carboxylic acids is 2. The summed E-state index contributed by atoms with van der Waals surface area (Å²) < 4.78 is 4.87. The molecule has 6 nitrogen and oxygen atoms in total. The first-order chi connectivity index (χ1) is 12.2. The van der Waals surface area contributed by atoms with Gasteiger partial charge >= 0.3 is 6.09 Å². The lowest BCUT2D eigenvalue weighted by Gasteiger charge is -2.16. The lowest BCUT2D eigenvalue weighted by Crippen LogP contribution is -2.47. The number of nitrogens with one attached hydrogen (secondary N) is 2. The molecule has 2 rings (SSSR count). The Labute approximate surface area is 146 Å².